The van der Waals surface area contributed by atoms with E-state index in [2.05, 4.69) is 10.6 Å². The second-order valence-corrected chi connectivity index (χ2v) is 4.87. The van der Waals surface area contributed by atoms with Gasteiger partial charge in [-0.1, -0.05) is 11.6 Å². The molecule has 0 radical (unpaired) electrons. The molecule has 1 atom stereocenters. The van der Waals surface area contributed by atoms with E-state index in [1.807, 2.05) is 19.1 Å². The van der Waals surface area contributed by atoms with Gasteiger partial charge in [-0.2, -0.15) is 0 Å². The van der Waals surface area contributed by atoms with Gasteiger partial charge < -0.3 is 15.4 Å². The van der Waals surface area contributed by atoms with Crippen molar-refractivity contribution in [2.45, 2.75) is 19.4 Å². The molecule has 1 unspecified atom stereocenters. The molecule has 0 saturated carbocycles. The number of amides is 1. The highest BCUT2D eigenvalue weighted by atomic mass is 35.5. The van der Waals surface area contributed by atoms with E-state index < -0.39 is 0 Å². The monoisotopic (exact) mass is 268 g/mol. The van der Waals surface area contributed by atoms with Crippen molar-refractivity contribution in [2.24, 2.45) is 0 Å². The zero-order valence-corrected chi connectivity index (χ0v) is 11.1. The molecule has 1 aromatic rings. The number of rotatable bonds is 3. The lowest BCUT2D eigenvalue weighted by atomic mass is 10.1. The molecule has 18 heavy (non-hydrogen) atoms. The maximum atomic E-state index is 11.9. The highest BCUT2D eigenvalue weighted by Gasteiger charge is 2.17. The number of hydrogen-bond acceptors (Lipinski definition) is 3. The summed E-state index contributed by atoms with van der Waals surface area (Å²) in [6, 6.07) is 5.53. The minimum absolute atomic E-state index is 0.0107. The number of halogens is 1. The fraction of sp³-hybridized carbons (Fsp3) is 0.462. The molecule has 0 aliphatic carbocycles. The van der Waals surface area contributed by atoms with Gasteiger partial charge in [0.25, 0.3) is 0 Å². The van der Waals surface area contributed by atoms with Crippen LogP contribution in [0, 0.1) is 6.92 Å². The summed E-state index contributed by atoms with van der Waals surface area (Å²) in [5.74, 6) is -0.0107. The van der Waals surface area contributed by atoms with Crippen LogP contribution in [0.5, 0.6) is 0 Å². The van der Waals surface area contributed by atoms with Crippen LogP contribution < -0.4 is 10.6 Å². The molecular formula is C13H17ClN2O2. The molecule has 2 N–H and O–H groups in total. The van der Waals surface area contributed by atoms with Gasteiger partial charge in [-0.3, -0.25) is 4.79 Å². The molecule has 98 valence electrons. The molecule has 1 aliphatic rings. The van der Waals surface area contributed by atoms with Gasteiger partial charge in [-0.15, -0.1) is 0 Å². The minimum Gasteiger partial charge on any atom is -0.378 e. The SMILES string of the molecule is Cc1cc(Cl)ccc1NC(=O)CC1COCCN1. The van der Waals surface area contributed by atoms with Crippen LogP contribution in [0.15, 0.2) is 18.2 Å². The minimum atomic E-state index is -0.0107. The second-order valence-electron chi connectivity index (χ2n) is 4.44. The molecule has 1 aliphatic heterocycles. The third kappa shape index (κ3) is 3.70. The van der Waals surface area contributed by atoms with E-state index in [0.29, 0.717) is 24.7 Å². The van der Waals surface area contributed by atoms with Gasteiger partial charge in [0.1, 0.15) is 0 Å². The Labute approximate surface area is 112 Å². The summed E-state index contributed by atoms with van der Waals surface area (Å²) in [7, 11) is 0. The lowest BCUT2D eigenvalue weighted by Gasteiger charge is -2.23. The Morgan fingerprint density at radius 2 is 2.44 bits per heavy atom. The lowest BCUT2D eigenvalue weighted by molar-refractivity contribution is -0.117. The number of ether oxygens (including phenoxy) is 1. The molecular weight excluding hydrogens is 252 g/mol. The fourth-order valence-corrected chi connectivity index (χ4v) is 2.17. The van der Waals surface area contributed by atoms with Crippen molar-refractivity contribution >= 4 is 23.2 Å². The number of aryl methyl sites for hydroxylation is 1. The summed E-state index contributed by atoms with van der Waals surface area (Å²) in [6.45, 7) is 4.03. The second kappa shape index (κ2) is 6.18. The van der Waals surface area contributed by atoms with Gasteiger partial charge in [0.2, 0.25) is 5.91 Å². The Balaban J connectivity index is 1.90. The summed E-state index contributed by atoms with van der Waals surface area (Å²) in [4.78, 5) is 11.9. The molecule has 5 heteroatoms. The van der Waals surface area contributed by atoms with Crippen LogP contribution in [0.3, 0.4) is 0 Å². The number of morpholine rings is 1. The van der Waals surface area contributed by atoms with Gasteiger partial charge in [-0.25, -0.2) is 0 Å². The molecule has 1 fully saturated rings. The largest absolute Gasteiger partial charge is 0.378 e. The maximum absolute atomic E-state index is 11.9. The Bertz CT molecular complexity index is 431. The molecule has 0 spiro atoms. The summed E-state index contributed by atoms with van der Waals surface area (Å²) in [5, 5.41) is 6.82. The van der Waals surface area contributed by atoms with Gasteiger partial charge in [0, 0.05) is 29.7 Å². The summed E-state index contributed by atoms with van der Waals surface area (Å²) < 4.78 is 5.31. The first-order valence-corrected chi connectivity index (χ1v) is 6.40. The van der Waals surface area contributed by atoms with Gasteiger partial charge in [0.15, 0.2) is 0 Å². The lowest BCUT2D eigenvalue weighted by Crippen LogP contribution is -2.43. The predicted molar refractivity (Wildman–Crippen MR) is 72.0 cm³/mol. The Morgan fingerprint density at radius 1 is 1.61 bits per heavy atom. The van der Waals surface area contributed by atoms with Crippen LogP contribution in [0.25, 0.3) is 0 Å². The van der Waals surface area contributed by atoms with Crippen LogP contribution in [0.1, 0.15) is 12.0 Å². The number of hydrogen-bond donors (Lipinski definition) is 2. The molecule has 4 nitrogen and oxygen atoms in total. The summed E-state index contributed by atoms with van der Waals surface area (Å²) in [5.41, 5.74) is 1.77. The van der Waals surface area contributed by atoms with Gasteiger partial charge in [-0.05, 0) is 30.7 Å². The van der Waals surface area contributed by atoms with Crippen LogP contribution in [-0.2, 0) is 9.53 Å². The van der Waals surface area contributed by atoms with Crippen molar-refractivity contribution in [3.05, 3.63) is 28.8 Å². The van der Waals surface area contributed by atoms with E-state index in [1.54, 1.807) is 6.07 Å². The normalized spacial score (nSPS) is 19.6. The van der Waals surface area contributed by atoms with Gasteiger partial charge in [0.05, 0.1) is 13.2 Å². The first-order valence-electron chi connectivity index (χ1n) is 6.02. The highest BCUT2D eigenvalue weighted by molar-refractivity contribution is 6.30. The Kier molecular flexibility index (Phi) is 4.58. The molecule has 1 aromatic carbocycles. The summed E-state index contributed by atoms with van der Waals surface area (Å²) in [6.07, 6.45) is 0.419. The quantitative estimate of drug-likeness (QED) is 0.881. The van der Waals surface area contributed by atoms with E-state index in [-0.39, 0.29) is 11.9 Å². The first-order chi connectivity index (χ1) is 8.65. The Morgan fingerprint density at radius 3 is 3.11 bits per heavy atom. The number of carbonyl (C=O) groups is 1. The molecule has 1 saturated heterocycles. The molecule has 0 bridgehead atoms. The average Bonchev–Trinajstić information content (AvgIpc) is 2.34. The van der Waals surface area contributed by atoms with E-state index >= 15 is 0 Å². The first kappa shape index (κ1) is 13.3. The van der Waals surface area contributed by atoms with Crippen molar-refractivity contribution in [2.75, 3.05) is 25.1 Å². The molecule has 0 aromatic heterocycles. The maximum Gasteiger partial charge on any atom is 0.226 e. The molecule has 2 rings (SSSR count). The van der Waals surface area contributed by atoms with Crippen molar-refractivity contribution in [1.82, 2.24) is 5.32 Å². The van der Waals surface area contributed by atoms with Crippen molar-refractivity contribution in [3.8, 4) is 0 Å². The van der Waals surface area contributed by atoms with Gasteiger partial charge >= 0.3 is 0 Å². The third-order valence-electron chi connectivity index (χ3n) is 2.89. The van der Waals surface area contributed by atoms with Crippen LogP contribution >= 0.6 is 11.6 Å². The smallest absolute Gasteiger partial charge is 0.226 e. The van der Waals surface area contributed by atoms with E-state index in [4.69, 9.17) is 16.3 Å². The zero-order chi connectivity index (χ0) is 13.0. The average molecular weight is 269 g/mol. The number of nitrogens with one attached hydrogen (secondary N) is 2. The van der Waals surface area contributed by atoms with Crippen molar-refractivity contribution < 1.29 is 9.53 Å². The fourth-order valence-electron chi connectivity index (χ4n) is 1.94. The van der Waals surface area contributed by atoms with E-state index in [9.17, 15) is 4.79 Å². The van der Waals surface area contributed by atoms with E-state index in [0.717, 1.165) is 17.8 Å². The van der Waals surface area contributed by atoms with E-state index in [1.165, 1.54) is 0 Å². The Hall–Kier alpha value is -1.10. The number of benzene rings is 1. The molecule has 1 heterocycles. The predicted octanol–water partition coefficient (Wildman–Crippen LogP) is 1.97. The van der Waals surface area contributed by atoms with Crippen LogP contribution in [-0.4, -0.2) is 31.7 Å². The van der Waals surface area contributed by atoms with Crippen LogP contribution in [0.2, 0.25) is 5.02 Å². The number of anilines is 1. The topological polar surface area (TPSA) is 50.4 Å². The standard InChI is InChI=1S/C13H17ClN2O2/c1-9-6-10(14)2-3-12(9)16-13(17)7-11-8-18-5-4-15-11/h2-3,6,11,15H,4-5,7-8H2,1H3,(H,16,17). The number of carbonyl (C=O) groups excluding carboxylic acids is 1. The summed E-state index contributed by atoms with van der Waals surface area (Å²) >= 11 is 5.87. The van der Waals surface area contributed by atoms with Crippen LogP contribution in [0.4, 0.5) is 5.69 Å². The van der Waals surface area contributed by atoms with Crippen molar-refractivity contribution in [3.63, 3.8) is 0 Å². The third-order valence-corrected chi connectivity index (χ3v) is 3.13. The van der Waals surface area contributed by atoms with Crippen molar-refractivity contribution in [1.29, 1.82) is 0 Å². The zero-order valence-electron chi connectivity index (χ0n) is 10.3. The highest BCUT2D eigenvalue weighted by Crippen LogP contribution is 2.19. The molecule has 1 amide bonds.